The first-order chi connectivity index (χ1) is 11.4. The molecule has 1 unspecified atom stereocenters. The predicted molar refractivity (Wildman–Crippen MR) is 85.1 cm³/mol. The lowest BCUT2D eigenvalue weighted by molar-refractivity contribution is -0.157. The molecule has 3 rings (SSSR count). The van der Waals surface area contributed by atoms with Crippen LogP contribution in [-0.2, 0) is 19.1 Å². The lowest BCUT2D eigenvalue weighted by Gasteiger charge is -2.34. The molecule has 2 N–H and O–H groups in total. The zero-order valence-electron chi connectivity index (χ0n) is 14.1. The highest BCUT2D eigenvalue weighted by molar-refractivity contribution is 5.88. The Morgan fingerprint density at radius 3 is 2.58 bits per heavy atom. The van der Waals surface area contributed by atoms with Crippen LogP contribution in [0.25, 0.3) is 0 Å². The summed E-state index contributed by atoms with van der Waals surface area (Å²) < 4.78 is 5.44. The summed E-state index contributed by atoms with van der Waals surface area (Å²) in [4.78, 5) is 38.1. The molecule has 0 aromatic rings. The summed E-state index contributed by atoms with van der Waals surface area (Å²) in [5.74, 6) is -1.21. The van der Waals surface area contributed by atoms with E-state index in [1.807, 2.05) is 0 Å². The number of rotatable bonds is 4. The largest absolute Gasteiger partial charge is 0.481 e. The second kappa shape index (κ2) is 6.70. The van der Waals surface area contributed by atoms with Crippen LogP contribution in [-0.4, -0.2) is 60.1 Å². The van der Waals surface area contributed by atoms with Gasteiger partial charge in [0.25, 0.3) is 0 Å². The van der Waals surface area contributed by atoms with Crippen molar-refractivity contribution in [2.45, 2.75) is 45.1 Å². The first-order valence-corrected chi connectivity index (χ1v) is 8.81. The molecular weight excluding hydrogens is 312 g/mol. The van der Waals surface area contributed by atoms with E-state index in [-0.39, 0.29) is 30.2 Å². The summed E-state index contributed by atoms with van der Waals surface area (Å²) in [6.07, 6.45) is 4.44. The highest BCUT2D eigenvalue weighted by Crippen LogP contribution is 2.43. The number of amides is 2. The van der Waals surface area contributed by atoms with Gasteiger partial charge in [0.15, 0.2) is 0 Å². The molecule has 3 atom stereocenters. The molecule has 1 aliphatic carbocycles. The summed E-state index contributed by atoms with van der Waals surface area (Å²) in [6.45, 7) is 2.84. The van der Waals surface area contributed by atoms with Crippen LogP contribution < -0.4 is 5.32 Å². The Hall–Kier alpha value is -1.63. The maximum atomic E-state index is 13.1. The molecule has 7 heteroatoms. The van der Waals surface area contributed by atoms with E-state index in [1.165, 1.54) is 6.92 Å². The van der Waals surface area contributed by atoms with Gasteiger partial charge in [0, 0.05) is 32.5 Å². The molecule has 0 radical (unpaired) electrons. The lowest BCUT2D eigenvalue weighted by Crippen LogP contribution is -2.51. The molecule has 7 nitrogen and oxygen atoms in total. The number of aliphatic carboxylic acids is 1. The molecule has 24 heavy (non-hydrogen) atoms. The van der Waals surface area contributed by atoms with Gasteiger partial charge in [-0.15, -0.1) is 0 Å². The molecule has 2 aliphatic heterocycles. The van der Waals surface area contributed by atoms with Crippen LogP contribution in [0, 0.1) is 17.3 Å². The second-order valence-corrected chi connectivity index (χ2v) is 7.42. The third-order valence-electron chi connectivity index (χ3n) is 5.94. The summed E-state index contributed by atoms with van der Waals surface area (Å²) in [5.41, 5.74) is -0.898. The lowest BCUT2D eigenvalue weighted by atomic mass is 9.74. The van der Waals surface area contributed by atoms with Crippen molar-refractivity contribution in [3.63, 3.8) is 0 Å². The second-order valence-electron chi connectivity index (χ2n) is 7.42. The zero-order chi connectivity index (χ0) is 17.3. The van der Waals surface area contributed by atoms with Crippen LogP contribution in [0.2, 0.25) is 0 Å². The van der Waals surface area contributed by atoms with Gasteiger partial charge in [-0.3, -0.25) is 14.4 Å². The first kappa shape index (κ1) is 17.2. The molecule has 3 fully saturated rings. The van der Waals surface area contributed by atoms with Crippen molar-refractivity contribution in [3.8, 4) is 0 Å². The van der Waals surface area contributed by atoms with Gasteiger partial charge in [0.05, 0.1) is 12.0 Å². The molecule has 1 saturated carbocycles. The van der Waals surface area contributed by atoms with Crippen molar-refractivity contribution < 1.29 is 24.2 Å². The zero-order valence-corrected chi connectivity index (χ0v) is 14.1. The molecule has 3 aliphatic rings. The van der Waals surface area contributed by atoms with Gasteiger partial charge < -0.3 is 20.1 Å². The van der Waals surface area contributed by atoms with Gasteiger partial charge in [-0.25, -0.2) is 0 Å². The number of hydrogen-bond donors (Lipinski definition) is 2. The van der Waals surface area contributed by atoms with Gasteiger partial charge in [-0.1, -0.05) is 12.8 Å². The first-order valence-electron chi connectivity index (χ1n) is 8.81. The molecule has 0 spiro atoms. The van der Waals surface area contributed by atoms with Gasteiger partial charge >= 0.3 is 5.97 Å². The fraction of sp³-hybridized carbons (Fsp3) is 0.824. The van der Waals surface area contributed by atoms with Crippen molar-refractivity contribution in [1.82, 2.24) is 10.2 Å². The van der Waals surface area contributed by atoms with E-state index >= 15 is 0 Å². The van der Waals surface area contributed by atoms with Crippen LogP contribution in [0.15, 0.2) is 0 Å². The quantitative estimate of drug-likeness (QED) is 0.784. The summed E-state index contributed by atoms with van der Waals surface area (Å²) >= 11 is 0. The molecule has 0 aromatic heterocycles. The number of carboxylic acid groups (broad SMARTS) is 1. The Labute approximate surface area is 141 Å². The number of nitrogens with zero attached hydrogens (tertiary/aromatic N) is 1. The van der Waals surface area contributed by atoms with Crippen molar-refractivity contribution >= 4 is 17.8 Å². The Balaban J connectivity index is 1.78. The van der Waals surface area contributed by atoms with Crippen LogP contribution in [0.4, 0.5) is 0 Å². The SMILES string of the molecule is CC(=O)NC(C(=O)N1C[C@H]2COCC[C@@]2(C(=O)O)C1)C1CCCC1. The highest BCUT2D eigenvalue weighted by atomic mass is 16.5. The van der Waals surface area contributed by atoms with E-state index in [9.17, 15) is 19.5 Å². The van der Waals surface area contributed by atoms with E-state index in [0.717, 1.165) is 25.7 Å². The molecule has 2 heterocycles. The third kappa shape index (κ3) is 3.01. The van der Waals surface area contributed by atoms with E-state index in [2.05, 4.69) is 5.32 Å². The molecule has 134 valence electrons. The van der Waals surface area contributed by atoms with Crippen molar-refractivity contribution in [1.29, 1.82) is 0 Å². The Bertz CT molecular complexity index is 531. The average molecular weight is 338 g/mol. The number of nitrogens with one attached hydrogen (secondary N) is 1. The number of carboxylic acids is 1. The molecule has 0 bridgehead atoms. The molecular formula is C17H26N2O5. The van der Waals surface area contributed by atoms with Crippen LogP contribution in [0.1, 0.15) is 39.0 Å². The Morgan fingerprint density at radius 2 is 2.00 bits per heavy atom. The van der Waals surface area contributed by atoms with Crippen LogP contribution in [0.5, 0.6) is 0 Å². The number of carbonyl (C=O) groups is 3. The summed E-state index contributed by atoms with van der Waals surface area (Å²) in [7, 11) is 0. The van der Waals surface area contributed by atoms with Gasteiger partial charge in [-0.2, -0.15) is 0 Å². The van der Waals surface area contributed by atoms with E-state index in [1.54, 1.807) is 4.90 Å². The smallest absolute Gasteiger partial charge is 0.311 e. The minimum atomic E-state index is -0.898. The predicted octanol–water partition coefficient (Wildman–Crippen LogP) is 0.631. The van der Waals surface area contributed by atoms with Crippen molar-refractivity contribution in [2.75, 3.05) is 26.3 Å². The normalized spacial score (nSPS) is 31.5. The topological polar surface area (TPSA) is 95.9 Å². The number of fused-ring (bicyclic) bond motifs is 1. The fourth-order valence-electron chi connectivity index (χ4n) is 4.55. The summed E-state index contributed by atoms with van der Waals surface area (Å²) in [5, 5.41) is 12.5. The molecule has 2 saturated heterocycles. The third-order valence-corrected chi connectivity index (χ3v) is 5.94. The maximum absolute atomic E-state index is 13.1. The number of ether oxygens (including phenoxy) is 1. The number of hydrogen-bond acceptors (Lipinski definition) is 4. The van der Waals surface area contributed by atoms with E-state index in [4.69, 9.17) is 4.74 Å². The van der Waals surface area contributed by atoms with E-state index < -0.39 is 17.4 Å². The average Bonchev–Trinajstić information content (AvgIpc) is 3.19. The standard InChI is InChI=1S/C17H26N2O5/c1-11(20)18-14(12-4-2-3-5-12)15(21)19-8-13-9-24-7-6-17(13,10-19)16(22)23/h12-14H,2-10H2,1H3,(H,18,20)(H,22,23)/t13-,14?,17+/m0/s1. The number of carbonyl (C=O) groups excluding carboxylic acids is 2. The minimum Gasteiger partial charge on any atom is -0.481 e. The van der Waals surface area contributed by atoms with Crippen molar-refractivity contribution in [3.05, 3.63) is 0 Å². The van der Waals surface area contributed by atoms with Crippen molar-refractivity contribution in [2.24, 2.45) is 17.3 Å². The van der Waals surface area contributed by atoms with E-state index in [0.29, 0.717) is 26.2 Å². The molecule has 0 aromatic carbocycles. The highest BCUT2D eigenvalue weighted by Gasteiger charge is 2.55. The van der Waals surface area contributed by atoms with Crippen LogP contribution >= 0.6 is 0 Å². The van der Waals surface area contributed by atoms with Gasteiger partial charge in [-0.05, 0) is 25.2 Å². The molecule has 2 amide bonds. The Morgan fingerprint density at radius 1 is 1.29 bits per heavy atom. The van der Waals surface area contributed by atoms with Gasteiger partial charge in [0.2, 0.25) is 11.8 Å². The number of likely N-dealkylation sites (tertiary alicyclic amines) is 1. The van der Waals surface area contributed by atoms with Gasteiger partial charge in [0.1, 0.15) is 6.04 Å². The Kier molecular flexibility index (Phi) is 4.80. The monoisotopic (exact) mass is 338 g/mol. The van der Waals surface area contributed by atoms with Crippen LogP contribution in [0.3, 0.4) is 0 Å². The maximum Gasteiger partial charge on any atom is 0.311 e. The fourth-order valence-corrected chi connectivity index (χ4v) is 4.55. The summed E-state index contributed by atoms with van der Waals surface area (Å²) in [6, 6.07) is -0.531. The minimum absolute atomic E-state index is 0.132.